The topological polar surface area (TPSA) is 38.3 Å². The van der Waals surface area contributed by atoms with E-state index >= 15 is 0 Å². The Hall–Kier alpha value is -2.29. The molecular weight excluding hydrogens is 274 g/mol. The molecule has 22 heavy (non-hydrogen) atoms. The van der Waals surface area contributed by atoms with Crippen molar-refractivity contribution in [2.45, 2.75) is 32.6 Å². The van der Waals surface area contributed by atoms with E-state index in [9.17, 15) is 4.79 Å². The van der Waals surface area contributed by atoms with Gasteiger partial charge in [-0.25, -0.2) is 0 Å². The van der Waals surface area contributed by atoms with Gasteiger partial charge in [-0.15, -0.1) is 0 Å². The molecule has 0 aliphatic heterocycles. The van der Waals surface area contributed by atoms with Gasteiger partial charge < -0.3 is 10.1 Å². The summed E-state index contributed by atoms with van der Waals surface area (Å²) in [6.07, 6.45) is 0.297. The normalized spacial score (nSPS) is 11.1. The summed E-state index contributed by atoms with van der Waals surface area (Å²) in [7, 11) is 1.61. The van der Waals surface area contributed by atoms with Crippen LogP contribution in [0.1, 0.15) is 31.9 Å². The van der Waals surface area contributed by atoms with Gasteiger partial charge in [-0.1, -0.05) is 51.1 Å². The number of para-hydroxylation sites is 1. The smallest absolute Gasteiger partial charge is 0.228 e. The molecule has 0 aliphatic rings. The lowest BCUT2D eigenvalue weighted by Crippen LogP contribution is -2.15. The van der Waals surface area contributed by atoms with Gasteiger partial charge in [-0.3, -0.25) is 4.79 Å². The highest BCUT2D eigenvalue weighted by Gasteiger charge is 2.13. The Kier molecular flexibility index (Phi) is 4.86. The maximum absolute atomic E-state index is 12.2. The first-order chi connectivity index (χ1) is 10.4. The summed E-state index contributed by atoms with van der Waals surface area (Å²) in [4.78, 5) is 12.2. The third kappa shape index (κ3) is 4.10. The van der Waals surface area contributed by atoms with E-state index in [0.717, 1.165) is 17.0 Å². The summed E-state index contributed by atoms with van der Waals surface area (Å²) in [5, 5.41) is 2.93. The Morgan fingerprint density at radius 1 is 1.05 bits per heavy atom. The molecule has 0 saturated heterocycles. The lowest BCUT2D eigenvalue weighted by Gasteiger charge is -2.19. The molecular formula is C19H23NO2. The second-order valence-electron chi connectivity index (χ2n) is 6.36. The average Bonchev–Trinajstić information content (AvgIpc) is 2.47. The van der Waals surface area contributed by atoms with E-state index < -0.39 is 0 Å². The highest BCUT2D eigenvalue weighted by Crippen LogP contribution is 2.24. The molecule has 1 N–H and O–H groups in total. The molecule has 0 heterocycles. The molecule has 0 atom stereocenters. The first-order valence-corrected chi connectivity index (χ1v) is 7.42. The van der Waals surface area contributed by atoms with E-state index in [2.05, 4.69) is 38.2 Å². The van der Waals surface area contributed by atoms with Crippen LogP contribution in [0.5, 0.6) is 5.75 Å². The molecule has 2 aromatic carbocycles. The van der Waals surface area contributed by atoms with E-state index in [4.69, 9.17) is 4.74 Å². The fraction of sp³-hybridized carbons (Fsp3) is 0.316. The molecule has 0 spiro atoms. The van der Waals surface area contributed by atoms with Gasteiger partial charge in [0.25, 0.3) is 0 Å². The van der Waals surface area contributed by atoms with Crippen LogP contribution >= 0.6 is 0 Å². The number of hydrogen-bond donors (Lipinski definition) is 1. The van der Waals surface area contributed by atoms with E-state index in [1.54, 1.807) is 7.11 Å². The zero-order valence-electron chi connectivity index (χ0n) is 13.6. The summed E-state index contributed by atoms with van der Waals surface area (Å²) in [5.41, 5.74) is 3.05. The number of nitrogens with one attached hydrogen (secondary N) is 1. The average molecular weight is 297 g/mol. The van der Waals surface area contributed by atoms with E-state index in [-0.39, 0.29) is 11.3 Å². The second kappa shape index (κ2) is 6.65. The minimum atomic E-state index is -0.0481. The van der Waals surface area contributed by atoms with Gasteiger partial charge in [0.05, 0.1) is 13.5 Å². The van der Waals surface area contributed by atoms with Crippen molar-refractivity contribution in [3.8, 4) is 5.75 Å². The van der Waals surface area contributed by atoms with Crippen LogP contribution in [0.3, 0.4) is 0 Å². The van der Waals surface area contributed by atoms with Crippen molar-refractivity contribution < 1.29 is 9.53 Å². The summed E-state index contributed by atoms with van der Waals surface area (Å²) < 4.78 is 5.27. The Morgan fingerprint density at radius 2 is 1.68 bits per heavy atom. The van der Waals surface area contributed by atoms with Crippen LogP contribution in [0.15, 0.2) is 48.5 Å². The van der Waals surface area contributed by atoms with Crippen LogP contribution in [-0.2, 0) is 16.6 Å². The van der Waals surface area contributed by atoms with Crippen molar-refractivity contribution in [3.63, 3.8) is 0 Å². The standard InChI is InChI=1S/C19H23NO2/c1-19(2,3)15-9-11-16(12-10-15)20-18(21)13-14-7-5-6-8-17(14)22-4/h5-12H,13H2,1-4H3,(H,20,21). The summed E-state index contributed by atoms with van der Waals surface area (Å²) in [5.74, 6) is 0.689. The number of rotatable bonds is 4. The lowest BCUT2D eigenvalue weighted by atomic mass is 9.87. The zero-order chi connectivity index (χ0) is 16.2. The third-order valence-corrected chi connectivity index (χ3v) is 3.58. The van der Waals surface area contributed by atoms with Crippen molar-refractivity contribution in [1.29, 1.82) is 0 Å². The Morgan fingerprint density at radius 3 is 2.27 bits per heavy atom. The quantitative estimate of drug-likeness (QED) is 0.919. The fourth-order valence-electron chi connectivity index (χ4n) is 2.28. The molecule has 2 aromatic rings. The number of anilines is 1. The predicted molar refractivity (Wildman–Crippen MR) is 90.5 cm³/mol. The molecule has 0 saturated carbocycles. The van der Waals surface area contributed by atoms with Crippen LogP contribution < -0.4 is 10.1 Å². The Balaban J connectivity index is 2.03. The predicted octanol–water partition coefficient (Wildman–Crippen LogP) is 4.17. The summed E-state index contributed by atoms with van der Waals surface area (Å²) >= 11 is 0. The molecule has 0 unspecified atom stereocenters. The number of benzene rings is 2. The minimum absolute atomic E-state index is 0.0481. The van der Waals surface area contributed by atoms with Crippen molar-refractivity contribution in [3.05, 3.63) is 59.7 Å². The number of ether oxygens (including phenoxy) is 1. The lowest BCUT2D eigenvalue weighted by molar-refractivity contribution is -0.115. The van der Waals surface area contributed by atoms with Gasteiger partial charge >= 0.3 is 0 Å². The maximum atomic E-state index is 12.2. The van der Waals surface area contributed by atoms with E-state index in [1.807, 2.05) is 36.4 Å². The van der Waals surface area contributed by atoms with Crippen molar-refractivity contribution in [2.75, 3.05) is 12.4 Å². The number of amides is 1. The molecule has 0 bridgehead atoms. The van der Waals surface area contributed by atoms with Crippen molar-refractivity contribution in [1.82, 2.24) is 0 Å². The third-order valence-electron chi connectivity index (χ3n) is 3.58. The number of hydrogen-bond acceptors (Lipinski definition) is 2. The molecule has 0 radical (unpaired) electrons. The van der Waals surface area contributed by atoms with Crippen LogP contribution in [0.25, 0.3) is 0 Å². The molecule has 0 fully saturated rings. The van der Waals surface area contributed by atoms with Gasteiger partial charge in [0, 0.05) is 11.3 Å². The summed E-state index contributed by atoms with van der Waals surface area (Å²) in [6.45, 7) is 6.51. The largest absolute Gasteiger partial charge is 0.496 e. The summed E-state index contributed by atoms with van der Waals surface area (Å²) in [6, 6.07) is 15.6. The first-order valence-electron chi connectivity index (χ1n) is 7.42. The van der Waals surface area contributed by atoms with E-state index in [1.165, 1.54) is 5.56 Å². The Labute approximate surface area is 132 Å². The molecule has 1 amide bonds. The van der Waals surface area contributed by atoms with E-state index in [0.29, 0.717) is 6.42 Å². The minimum Gasteiger partial charge on any atom is -0.496 e. The number of methoxy groups -OCH3 is 1. The molecule has 0 aliphatic carbocycles. The molecule has 3 nitrogen and oxygen atoms in total. The molecule has 2 rings (SSSR count). The van der Waals surface area contributed by atoms with Crippen LogP contribution in [0.4, 0.5) is 5.69 Å². The Bertz CT molecular complexity index is 639. The number of carbonyl (C=O) groups excluding carboxylic acids is 1. The fourth-order valence-corrected chi connectivity index (χ4v) is 2.28. The zero-order valence-corrected chi connectivity index (χ0v) is 13.6. The van der Waals surface area contributed by atoms with Crippen molar-refractivity contribution >= 4 is 11.6 Å². The number of carbonyl (C=O) groups is 1. The second-order valence-corrected chi connectivity index (χ2v) is 6.36. The van der Waals surface area contributed by atoms with Gasteiger partial charge in [-0.05, 0) is 29.2 Å². The van der Waals surface area contributed by atoms with Gasteiger partial charge in [0.2, 0.25) is 5.91 Å². The van der Waals surface area contributed by atoms with Crippen LogP contribution in [-0.4, -0.2) is 13.0 Å². The van der Waals surface area contributed by atoms with Crippen LogP contribution in [0, 0.1) is 0 Å². The highest BCUT2D eigenvalue weighted by atomic mass is 16.5. The monoisotopic (exact) mass is 297 g/mol. The van der Waals surface area contributed by atoms with Gasteiger partial charge in [0.1, 0.15) is 5.75 Å². The van der Waals surface area contributed by atoms with Gasteiger partial charge in [0.15, 0.2) is 0 Å². The molecule has 116 valence electrons. The SMILES string of the molecule is COc1ccccc1CC(=O)Nc1ccc(C(C)(C)C)cc1. The first kappa shape index (κ1) is 16.1. The molecule has 3 heteroatoms. The maximum Gasteiger partial charge on any atom is 0.228 e. The van der Waals surface area contributed by atoms with Crippen molar-refractivity contribution in [2.24, 2.45) is 0 Å². The van der Waals surface area contributed by atoms with Crippen LogP contribution in [0.2, 0.25) is 0 Å². The molecule has 0 aromatic heterocycles. The highest BCUT2D eigenvalue weighted by molar-refractivity contribution is 5.92. The van der Waals surface area contributed by atoms with Gasteiger partial charge in [-0.2, -0.15) is 0 Å².